The molecule has 0 radical (unpaired) electrons. The van der Waals surface area contributed by atoms with E-state index in [1.807, 2.05) is 37.3 Å². The molecule has 0 heterocycles. The summed E-state index contributed by atoms with van der Waals surface area (Å²) in [4.78, 5) is 37.1. The van der Waals surface area contributed by atoms with Crippen LogP contribution >= 0.6 is 0 Å². The Kier molecular flexibility index (Phi) is 6.58. The Labute approximate surface area is 168 Å². The Morgan fingerprint density at radius 3 is 2.21 bits per heavy atom. The third-order valence-corrected chi connectivity index (χ3v) is 4.37. The van der Waals surface area contributed by atoms with Crippen LogP contribution in [-0.4, -0.2) is 24.4 Å². The van der Waals surface area contributed by atoms with Crippen LogP contribution in [0.4, 0.5) is 11.4 Å². The van der Waals surface area contributed by atoms with Gasteiger partial charge < -0.3 is 15.4 Å². The quantitative estimate of drug-likeness (QED) is 0.372. The molecule has 0 saturated heterocycles. The molecule has 0 spiro atoms. The van der Waals surface area contributed by atoms with Gasteiger partial charge in [-0.05, 0) is 30.0 Å². The zero-order valence-electron chi connectivity index (χ0n) is 16.1. The minimum atomic E-state index is -0.869. The molecule has 0 aliphatic rings. The molecule has 0 aliphatic heterocycles. The van der Waals surface area contributed by atoms with Crippen molar-refractivity contribution < 1.29 is 19.1 Å². The van der Waals surface area contributed by atoms with Gasteiger partial charge in [0.2, 0.25) is 0 Å². The second kappa shape index (κ2) is 9.50. The van der Waals surface area contributed by atoms with Crippen LogP contribution in [-0.2, 0) is 14.3 Å². The standard InChI is InChI=1S/C23H22N2O4/c1-2-3-15-29-23(28)18-12-6-7-13-20(18)25-22(27)21(26)24-19-14-8-10-16-9-4-5-11-17(16)19/h4-14H,2-3,15H2,1H3,(H,24,26)(H,25,27). The predicted molar refractivity (Wildman–Crippen MR) is 113 cm³/mol. The molecule has 3 aromatic carbocycles. The monoisotopic (exact) mass is 390 g/mol. The van der Waals surface area contributed by atoms with Crippen LogP contribution in [0.1, 0.15) is 30.1 Å². The highest BCUT2D eigenvalue weighted by Gasteiger charge is 2.19. The maximum absolute atomic E-state index is 12.4. The SMILES string of the molecule is CCCCOC(=O)c1ccccc1NC(=O)C(=O)Nc1cccc2ccccc12. The van der Waals surface area contributed by atoms with Gasteiger partial charge in [-0.1, -0.05) is 61.9 Å². The highest BCUT2D eigenvalue weighted by molar-refractivity contribution is 6.44. The van der Waals surface area contributed by atoms with Gasteiger partial charge in [-0.25, -0.2) is 4.79 Å². The molecule has 0 bridgehead atoms. The van der Waals surface area contributed by atoms with Gasteiger partial charge in [0, 0.05) is 11.1 Å². The van der Waals surface area contributed by atoms with Gasteiger partial charge in [0.15, 0.2) is 0 Å². The number of rotatable bonds is 6. The number of carbonyl (C=O) groups is 3. The van der Waals surface area contributed by atoms with Gasteiger partial charge >= 0.3 is 17.8 Å². The number of hydrogen-bond acceptors (Lipinski definition) is 4. The third-order valence-electron chi connectivity index (χ3n) is 4.37. The number of nitrogens with one attached hydrogen (secondary N) is 2. The van der Waals surface area contributed by atoms with Crippen molar-refractivity contribution in [3.05, 3.63) is 72.3 Å². The summed E-state index contributed by atoms with van der Waals surface area (Å²) in [7, 11) is 0. The van der Waals surface area contributed by atoms with Crippen LogP contribution < -0.4 is 10.6 Å². The van der Waals surface area contributed by atoms with E-state index >= 15 is 0 Å². The summed E-state index contributed by atoms with van der Waals surface area (Å²) in [5.41, 5.74) is 0.970. The smallest absolute Gasteiger partial charge is 0.340 e. The van der Waals surface area contributed by atoms with E-state index in [1.165, 1.54) is 0 Å². The number of para-hydroxylation sites is 1. The maximum atomic E-state index is 12.4. The molecule has 0 fully saturated rings. The zero-order valence-corrected chi connectivity index (χ0v) is 16.1. The first-order valence-electron chi connectivity index (χ1n) is 9.46. The number of ether oxygens (including phenoxy) is 1. The third kappa shape index (κ3) is 4.99. The summed E-state index contributed by atoms with van der Waals surface area (Å²) in [5, 5.41) is 6.91. The van der Waals surface area contributed by atoms with Gasteiger partial charge in [0.05, 0.1) is 17.9 Å². The van der Waals surface area contributed by atoms with Gasteiger partial charge in [0.1, 0.15) is 0 Å². The number of amides is 2. The summed E-state index contributed by atoms with van der Waals surface area (Å²) in [6.07, 6.45) is 1.66. The van der Waals surface area contributed by atoms with E-state index in [-0.39, 0.29) is 11.3 Å². The van der Waals surface area contributed by atoms with Crippen LogP contribution in [0, 0.1) is 0 Å². The Morgan fingerprint density at radius 2 is 1.41 bits per heavy atom. The second-order valence-corrected chi connectivity index (χ2v) is 6.47. The van der Waals surface area contributed by atoms with Crippen molar-refractivity contribution in [1.29, 1.82) is 0 Å². The highest BCUT2D eigenvalue weighted by Crippen LogP contribution is 2.23. The molecule has 0 atom stereocenters. The lowest BCUT2D eigenvalue weighted by Gasteiger charge is -2.12. The molecule has 148 valence electrons. The van der Waals surface area contributed by atoms with E-state index in [0.29, 0.717) is 12.3 Å². The molecule has 3 aromatic rings. The van der Waals surface area contributed by atoms with Crippen molar-refractivity contribution in [2.24, 2.45) is 0 Å². The number of hydrogen-bond donors (Lipinski definition) is 2. The number of esters is 1. The van der Waals surface area contributed by atoms with E-state index in [0.717, 1.165) is 23.6 Å². The van der Waals surface area contributed by atoms with Crippen molar-refractivity contribution in [3.63, 3.8) is 0 Å². The summed E-state index contributed by atoms with van der Waals surface area (Å²) in [5.74, 6) is -2.23. The van der Waals surface area contributed by atoms with Crippen molar-refractivity contribution in [3.8, 4) is 0 Å². The average molecular weight is 390 g/mol. The van der Waals surface area contributed by atoms with Crippen LogP contribution in [0.2, 0.25) is 0 Å². The Bertz CT molecular complexity index is 1040. The fraction of sp³-hybridized carbons (Fsp3) is 0.174. The normalized spacial score (nSPS) is 10.4. The molecule has 0 unspecified atom stereocenters. The number of benzene rings is 3. The van der Waals surface area contributed by atoms with Crippen molar-refractivity contribution in [2.75, 3.05) is 17.2 Å². The number of carbonyl (C=O) groups excluding carboxylic acids is 3. The van der Waals surface area contributed by atoms with Gasteiger partial charge in [-0.3, -0.25) is 9.59 Å². The van der Waals surface area contributed by atoms with Crippen LogP contribution in [0.25, 0.3) is 10.8 Å². The lowest BCUT2D eigenvalue weighted by atomic mass is 10.1. The van der Waals surface area contributed by atoms with Gasteiger partial charge in [-0.15, -0.1) is 0 Å². The summed E-state index contributed by atoms with van der Waals surface area (Å²) in [6.45, 7) is 2.30. The molecule has 0 aromatic heterocycles. The second-order valence-electron chi connectivity index (χ2n) is 6.47. The predicted octanol–water partition coefficient (Wildman–Crippen LogP) is 4.37. The fourth-order valence-corrected chi connectivity index (χ4v) is 2.85. The first kappa shape index (κ1) is 20.1. The molecule has 29 heavy (non-hydrogen) atoms. The average Bonchev–Trinajstić information content (AvgIpc) is 2.74. The van der Waals surface area contributed by atoms with E-state index < -0.39 is 17.8 Å². The van der Waals surface area contributed by atoms with E-state index in [2.05, 4.69) is 10.6 Å². The van der Waals surface area contributed by atoms with E-state index in [1.54, 1.807) is 36.4 Å². The summed E-state index contributed by atoms with van der Waals surface area (Å²) < 4.78 is 5.20. The molecular weight excluding hydrogens is 368 g/mol. The largest absolute Gasteiger partial charge is 0.462 e. The molecule has 2 N–H and O–H groups in total. The molecule has 2 amide bonds. The van der Waals surface area contributed by atoms with Crippen molar-refractivity contribution >= 4 is 39.9 Å². The van der Waals surface area contributed by atoms with Crippen LogP contribution in [0.15, 0.2) is 66.7 Å². The lowest BCUT2D eigenvalue weighted by Crippen LogP contribution is -2.29. The highest BCUT2D eigenvalue weighted by atomic mass is 16.5. The first-order valence-corrected chi connectivity index (χ1v) is 9.46. The Balaban J connectivity index is 1.72. The lowest BCUT2D eigenvalue weighted by molar-refractivity contribution is -0.132. The zero-order chi connectivity index (χ0) is 20.6. The molecule has 6 heteroatoms. The fourth-order valence-electron chi connectivity index (χ4n) is 2.85. The summed E-state index contributed by atoms with van der Waals surface area (Å²) in [6, 6.07) is 19.4. The van der Waals surface area contributed by atoms with Crippen molar-refractivity contribution in [1.82, 2.24) is 0 Å². The summed E-state index contributed by atoms with van der Waals surface area (Å²) >= 11 is 0. The van der Waals surface area contributed by atoms with E-state index in [4.69, 9.17) is 4.74 Å². The maximum Gasteiger partial charge on any atom is 0.340 e. The molecule has 3 rings (SSSR count). The van der Waals surface area contributed by atoms with Crippen LogP contribution in [0.5, 0.6) is 0 Å². The number of fused-ring (bicyclic) bond motifs is 1. The topological polar surface area (TPSA) is 84.5 Å². The molecule has 6 nitrogen and oxygen atoms in total. The number of anilines is 2. The minimum absolute atomic E-state index is 0.204. The van der Waals surface area contributed by atoms with Gasteiger partial charge in [0.25, 0.3) is 0 Å². The Morgan fingerprint density at radius 1 is 0.793 bits per heavy atom. The van der Waals surface area contributed by atoms with Gasteiger partial charge in [-0.2, -0.15) is 0 Å². The number of unbranched alkanes of at least 4 members (excludes halogenated alkanes) is 1. The molecular formula is C23H22N2O4. The first-order chi connectivity index (χ1) is 14.1. The van der Waals surface area contributed by atoms with E-state index in [9.17, 15) is 14.4 Å². The molecule has 0 aliphatic carbocycles. The van der Waals surface area contributed by atoms with Crippen LogP contribution in [0.3, 0.4) is 0 Å². The molecule has 0 saturated carbocycles. The van der Waals surface area contributed by atoms with Crippen molar-refractivity contribution in [2.45, 2.75) is 19.8 Å². The minimum Gasteiger partial charge on any atom is -0.462 e. The Hall–Kier alpha value is -3.67.